The standard InChI is InChI=1S/C16H24N2O2/c1-2-13-6-4-8-17-15(13)11-18-16(20)10-12-5-3-7-14(19)9-12/h3,5,7,9,13,15,17,19H,2,4,6,8,10-11H2,1H3,(H,18,20). The molecule has 20 heavy (non-hydrogen) atoms. The molecule has 4 heteroatoms. The Morgan fingerprint density at radius 2 is 2.35 bits per heavy atom. The van der Waals surface area contributed by atoms with Gasteiger partial charge in [-0.25, -0.2) is 0 Å². The summed E-state index contributed by atoms with van der Waals surface area (Å²) in [5.74, 6) is 0.873. The summed E-state index contributed by atoms with van der Waals surface area (Å²) in [7, 11) is 0. The van der Waals surface area contributed by atoms with E-state index < -0.39 is 0 Å². The fraction of sp³-hybridized carbons (Fsp3) is 0.562. The van der Waals surface area contributed by atoms with Crippen molar-refractivity contribution >= 4 is 5.91 Å². The van der Waals surface area contributed by atoms with E-state index in [4.69, 9.17) is 0 Å². The minimum absolute atomic E-state index is 0.0119. The molecule has 2 atom stereocenters. The maximum absolute atomic E-state index is 11.9. The number of amides is 1. The largest absolute Gasteiger partial charge is 0.508 e. The molecule has 1 saturated heterocycles. The van der Waals surface area contributed by atoms with Gasteiger partial charge in [0.05, 0.1) is 6.42 Å². The van der Waals surface area contributed by atoms with Gasteiger partial charge in [0.2, 0.25) is 5.91 Å². The van der Waals surface area contributed by atoms with Crippen molar-refractivity contribution in [2.24, 2.45) is 5.92 Å². The van der Waals surface area contributed by atoms with Gasteiger partial charge in [0.1, 0.15) is 5.75 Å². The minimum Gasteiger partial charge on any atom is -0.508 e. The Balaban J connectivity index is 1.79. The highest BCUT2D eigenvalue weighted by molar-refractivity contribution is 5.78. The maximum Gasteiger partial charge on any atom is 0.224 e. The zero-order valence-electron chi connectivity index (χ0n) is 12.1. The number of hydrogen-bond acceptors (Lipinski definition) is 3. The fourth-order valence-corrected chi connectivity index (χ4v) is 2.89. The molecular formula is C16H24N2O2. The van der Waals surface area contributed by atoms with Gasteiger partial charge in [0, 0.05) is 12.6 Å². The molecule has 2 unspecified atom stereocenters. The minimum atomic E-state index is 0.0119. The number of rotatable bonds is 5. The second-order valence-corrected chi connectivity index (χ2v) is 5.52. The van der Waals surface area contributed by atoms with E-state index in [1.807, 2.05) is 6.07 Å². The Morgan fingerprint density at radius 1 is 1.50 bits per heavy atom. The summed E-state index contributed by atoms with van der Waals surface area (Å²) >= 11 is 0. The molecule has 0 bridgehead atoms. The molecule has 1 amide bonds. The molecule has 1 aromatic carbocycles. The van der Waals surface area contributed by atoms with E-state index in [-0.39, 0.29) is 11.7 Å². The summed E-state index contributed by atoms with van der Waals surface area (Å²) in [5.41, 5.74) is 0.839. The summed E-state index contributed by atoms with van der Waals surface area (Å²) in [6, 6.07) is 7.25. The van der Waals surface area contributed by atoms with Crippen molar-refractivity contribution in [3.63, 3.8) is 0 Å². The molecule has 110 valence electrons. The molecule has 2 rings (SSSR count). The highest BCUT2D eigenvalue weighted by Gasteiger charge is 2.23. The van der Waals surface area contributed by atoms with Crippen LogP contribution in [0.2, 0.25) is 0 Å². The molecule has 1 fully saturated rings. The molecular weight excluding hydrogens is 252 g/mol. The van der Waals surface area contributed by atoms with Gasteiger partial charge in [-0.2, -0.15) is 0 Å². The van der Waals surface area contributed by atoms with Crippen molar-refractivity contribution in [3.8, 4) is 5.75 Å². The molecule has 4 nitrogen and oxygen atoms in total. The van der Waals surface area contributed by atoms with Crippen LogP contribution >= 0.6 is 0 Å². The second kappa shape index (κ2) is 7.29. The number of phenols is 1. The third-order valence-electron chi connectivity index (χ3n) is 4.05. The maximum atomic E-state index is 11.9. The Bertz CT molecular complexity index is 448. The summed E-state index contributed by atoms with van der Waals surface area (Å²) in [6.07, 6.45) is 3.95. The van der Waals surface area contributed by atoms with E-state index in [1.165, 1.54) is 12.8 Å². The first kappa shape index (κ1) is 14.9. The lowest BCUT2D eigenvalue weighted by atomic mass is 9.88. The third-order valence-corrected chi connectivity index (χ3v) is 4.05. The topological polar surface area (TPSA) is 61.4 Å². The number of carbonyl (C=O) groups excluding carboxylic acids is 1. The average Bonchev–Trinajstić information content (AvgIpc) is 2.45. The van der Waals surface area contributed by atoms with Crippen LogP contribution in [0.15, 0.2) is 24.3 Å². The van der Waals surface area contributed by atoms with Crippen LogP contribution in [-0.2, 0) is 11.2 Å². The first-order valence-electron chi connectivity index (χ1n) is 7.47. The predicted molar refractivity (Wildman–Crippen MR) is 79.6 cm³/mol. The van der Waals surface area contributed by atoms with Gasteiger partial charge in [-0.15, -0.1) is 0 Å². The van der Waals surface area contributed by atoms with Gasteiger partial charge >= 0.3 is 0 Å². The Kier molecular flexibility index (Phi) is 5.41. The van der Waals surface area contributed by atoms with Crippen molar-refractivity contribution in [2.75, 3.05) is 13.1 Å². The number of aromatic hydroxyl groups is 1. The van der Waals surface area contributed by atoms with Gasteiger partial charge < -0.3 is 15.7 Å². The molecule has 3 N–H and O–H groups in total. The van der Waals surface area contributed by atoms with Gasteiger partial charge in [-0.1, -0.05) is 25.5 Å². The molecule has 0 aromatic heterocycles. The molecule has 0 spiro atoms. The van der Waals surface area contributed by atoms with Crippen LogP contribution in [-0.4, -0.2) is 30.1 Å². The zero-order chi connectivity index (χ0) is 14.4. The highest BCUT2D eigenvalue weighted by Crippen LogP contribution is 2.19. The molecule has 0 aliphatic carbocycles. The van der Waals surface area contributed by atoms with E-state index >= 15 is 0 Å². The summed E-state index contributed by atoms with van der Waals surface area (Å²) in [6.45, 7) is 3.94. The first-order valence-corrected chi connectivity index (χ1v) is 7.47. The number of carbonyl (C=O) groups is 1. The molecule has 0 saturated carbocycles. The van der Waals surface area contributed by atoms with Crippen LogP contribution < -0.4 is 10.6 Å². The van der Waals surface area contributed by atoms with Crippen molar-refractivity contribution < 1.29 is 9.90 Å². The second-order valence-electron chi connectivity index (χ2n) is 5.52. The highest BCUT2D eigenvalue weighted by atomic mass is 16.3. The lowest BCUT2D eigenvalue weighted by Crippen LogP contribution is -2.48. The van der Waals surface area contributed by atoms with Crippen LogP contribution in [0.5, 0.6) is 5.75 Å². The molecule has 1 aliphatic rings. The molecule has 1 aliphatic heterocycles. The SMILES string of the molecule is CCC1CCCNC1CNC(=O)Cc1cccc(O)c1. The quantitative estimate of drug-likeness (QED) is 0.769. The number of benzene rings is 1. The van der Waals surface area contributed by atoms with Crippen molar-refractivity contribution in [3.05, 3.63) is 29.8 Å². The average molecular weight is 276 g/mol. The number of hydrogen-bond donors (Lipinski definition) is 3. The van der Waals surface area contributed by atoms with Gasteiger partial charge in [-0.3, -0.25) is 4.79 Å². The zero-order valence-corrected chi connectivity index (χ0v) is 12.1. The number of nitrogens with one attached hydrogen (secondary N) is 2. The van der Waals surface area contributed by atoms with Crippen LogP contribution in [0, 0.1) is 5.92 Å². The fourth-order valence-electron chi connectivity index (χ4n) is 2.89. The van der Waals surface area contributed by atoms with Crippen molar-refractivity contribution in [1.82, 2.24) is 10.6 Å². The third kappa shape index (κ3) is 4.23. The summed E-state index contributed by atoms with van der Waals surface area (Å²) in [5, 5.41) is 15.9. The Morgan fingerprint density at radius 3 is 3.10 bits per heavy atom. The van der Waals surface area contributed by atoms with Crippen LogP contribution in [0.1, 0.15) is 31.7 Å². The van der Waals surface area contributed by atoms with Gasteiger partial charge in [0.25, 0.3) is 0 Å². The predicted octanol–water partition coefficient (Wildman–Crippen LogP) is 1.83. The van der Waals surface area contributed by atoms with E-state index in [2.05, 4.69) is 17.6 Å². The van der Waals surface area contributed by atoms with Gasteiger partial charge in [-0.05, 0) is 43.0 Å². The molecule has 1 heterocycles. The summed E-state index contributed by atoms with van der Waals surface area (Å²) < 4.78 is 0. The molecule has 1 aromatic rings. The van der Waals surface area contributed by atoms with Crippen LogP contribution in [0.25, 0.3) is 0 Å². The smallest absolute Gasteiger partial charge is 0.224 e. The van der Waals surface area contributed by atoms with E-state index in [1.54, 1.807) is 18.2 Å². The molecule has 0 radical (unpaired) electrons. The van der Waals surface area contributed by atoms with E-state index in [0.29, 0.717) is 24.9 Å². The number of piperidine rings is 1. The van der Waals surface area contributed by atoms with Crippen molar-refractivity contribution in [1.29, 1.82) is 0 Å². The Labute approximate surface area is 120 Å². The normalized spacial score (nSPS) is 22.4. The monoisotopic (exact) mass is 276 g/mol. The van der Waals surface area contributed by atoms with Gasteiger partial charge in [0.15, 0.2) is 0 Å². The lowest BCUT2D eigenvalue weighted by Gasteiger charge is -2.32. The lowest BCUT2D eigenvalue weighted by molar-refractivity contribution is -0.120. The first-order chi connectivity index (χ1) is 9.69. The van der Waals surface area contributed by atoms with Crippen LogP contribution in [0.3, 0.4) is 0 Å². The van der Waals surface area contributed by atoms with Crippen LogP contribution in [0.4, 0.5) is 0 Å². The van der Waals surface area contributed by atoms with E-state index in [9.17, 15) is 9.90 Å². The Hall–Kier alpha value is -1.55. The number of phenolic OH excluding ortho intramolecular Hbond substituents is 1. The summed E-state index contributed by atoms with van der Waals surface area (Å²) in [4.78, 5) is 11.9. The van der Waals surface area contributed by atoms with Crippen molar-refractivity contribution in [2.45, 2.75) is 38.6 Å². The van der Waals surface area contributed by atoms with E-state index in [0.717, 1.165) is 18.5 Å².